The van der Waals surface area contributed by atoms with Crippen molar-refractivity contribution in [2.45, 2.75) is 0 Å². The summed E-state index contributed by atoms with van der Waals surface area (Å²) in [5.74, 6) is -0.405. The second-order valence-electron chi connectivity index (χ2n) is 6.01. The van der Waals surface area contributed by atoms with Crippen LogP contribution in [-0.4, -0.2) is 29.1 Å². The van der Waals surface area contributed by atoms with E-state index in [1.807, 2.05) is 0 Å². The molecule has 8 nitrogen and oxygen atoms in total. The van der Waals surface area contributed by atoms with Crippen LogP contribution in [0.3, 0.4) is 0 Å². The molecule has 0 aliphatic rings. The molecular formula is C20H14FN3O5. The lowest BCUT2D eigenvalue weighted by Crippen LogP contribution is -2.18. The average Bonchev–Trinajstić information content (AvgIpc) is 3.34. The van der Waals surface area contributed by atoms with Crippen LogP contribution < -0.4 is 10.5 Å². The van der Waals surface area contributed by atoms with Crippen molar-refractivity contribution in [2.24, 2.45) is 5.73 Å². The molecule has 0 saturated carbocycles. The third-order valence-corrected chi connectivity index (χ3v) is 4.27. The minimum atomic E-state index is -1.26. The van der Waals surface area contributed by atoms with E-state index < -0.39 is 17.9 Å². The van der Waals surface area contributed by atoms with Crippen molar-refractivity contribution in [3.63, 3.8) is 0 Å². The summed E-state index contributed by atoms with van der Waals surface area (Å²) in [6.45, 7) is 0. The number of rotatable bonds is 4. The lowest BCUT2D eigenvalue weighted by Gasteiger charge is -2.07. The Kier molecular flexibility index (Phi) is 4.47. The van der Waals surface area contributed by atoms with Gasteiger partial charge in [0, 0.05) is 23.3 Å². The van der Waals surface area contributed by atoms with Gasteiger partial charge in [0.25, 0.3) is 0 Å². The SMILES string of the molecule is COc1cc2c(C(=O)OC(N)=O)c(-c3ccc(F)cc3)oc2cc1-c1ncc[nH]1. The van der Waals surface area contributed by atoms with Crippen molar-refractivity contribution >= 4 is 23.0 Å². The van der Waals surface area contributed by atoms with Crippen molar-refractivity contribution < 1.29 is 27.9 Å². The molecule has 2 aromatic heterocycles. The Morgan fingerprint density at radius 2 is 1.97 bits per heavy atom. The molecule has 2 heterocycles. The van der Waals surface area contributed by atoms with E-state index >= 15 is 0 Å². The van der Waals surface area contributed by atoms with Gasteiger partial charge in [0.2, 0.25) is 0 Å². The molecule has 0 aliphatic heterocycles. The van der Waals surface area contributed by atoms with E-state index in [4.69, 9.17) is 14.9 Å². The van der Waals surface area contributed by atoms with Crippen LogP contribution in [0.25, 0.3) is 33.7 Å². The first-order valence-corrected chi connectivity index (χ1v) is 8.39. The maximum atomic E-state index is 13.3. The number of H-pyrrole nitrogens is 1. The van der Waals surface area contributed by atoms with Crippen LogP contribution in [0.4, 0.5) is 9.18 Å². The van der Waals surface area contributed by atoms with E-state index in [1.54, 1.807) is 24.5 Å². The zero-order valence-electron chi connectivity index (χ0n) is 15.1. The zero-order valence-corrected chi connectivity index (χ0v) is 15.1. The second-order valence-corrected chi connectivity index (χ2v) is 6.01. The normalized spacial score (nSPS) is 10.8. The smallest absolute Gasteiger partial charge is 0.412 e. The Labute approximate surface area is 163 Å². The number of ether oxygens (including phenoxy) is 2. The van der Waals surface area contributed by atoms with Crippen molar-refractivity contribution in [2.75, 3.05) is 7.11 Å². The van der Waals surface area contributed by atoms with Gasteiger partial charge in [-0.05, 0) is 36.4 Å². The predicted molar refractivity (Wildman–Crippen MR) is 101 cm³/mol. The van der Waals surface area contributed by atoms with Gasteiger partial charge in [-0.1, -0.05) is 0 Å². The van der Waals surface area contributed by atoms with E-state index in [2.05, 4.69) is 14.7 Å². The molecule has 4 rings (SSSR count). The molecule has 0 unspecified atom stereocenters. The standard InChI is InChI=1S/C20H14FN3O5/c1-27-14-8-12-15(9-13(14)18-23-6-7-24-18)28-17(10-2-4-11(21)5-3-10)16(12)19(25)29-20(22)26/h2-9H,1H3,(H2,22,26)(H,23,24). The monoisotopic (exact) mass is 395 g/mol. The number of imidazole rings is 1. The maximum absolute atomic E-state index is 13.3. The molecule has 3 N–H and O–H groups in total. The Morgan fingerprint density at radius 1 is 1.21 bits per heavy atom. The topological polar surface area (TPSA) is 120 Å². The molecule has 29 heavy (non-hydrogen) atoms. The Hall–Kier alpha value is -4.14. The number of furan rings is 1. The number of methoxy groups -OCH3 is 1. The number of esters is 1. The highest BCUT2D eigenvalue weighted by molar-refractivity contribution is 6.12. The lowest BCUT2D eigenvalue weighted by atomic mass is 10.0. The number of nitrogens with zero attached hydrogens (tertiary/aromatic N) is 1. The molecule has 2 aromatic carbocycles. The van der Waals surface area contributed by atoms with Gasteiger partial charge in [-0.2, -0.15) is 0 Å². The Morgan fingerprint density at radius 3 is 2.59 bits per heavy atom. The van der Waals surface area contributed by atoms with Gasteiger partial charge >= 0.3 is 12.1 Å². The zero-order chi connectivity index (χ0) is 20.5. The number of hydrogen-bond donors (Lipinski definition) is 2. The highest BCUT2D eigenvalue weighted by Gasteiger charge is 2.26. The Bertz CT molecular complexity index is 1210. The van der Waals surface area contributed by atoms with E-state index in [9.17, 15) is 14.0 Å². The van der Waals surface area contributed by atoms with Crippen LogP contribution in [0.15, 0.2) is 53.2 Å². The van der Waals surface area contributed by atoms with Crippen molar-refractivity contribution in [1.29, 1.82) is 0 Å². The molecule has 9 heteroatoms. The number of amides is 1. The summed E-state index contributed by atoms with van der Waals surface area (Å²) in [5, 5.41) is 0.336. The van der Waals surface area contributed by atoms with Crippen molar-refractivity contribution in [3.8, 4) is 28.5 Å². The molecule has 0 saturated heterocycles. The number of hydrogen-bond acceptors (Lipinski definition) is 6. The number of primary amides is 1. The number of nitrogens with one attached hydrogen (secondary N) is 1. The van der Waals surface area contributed by atoms with Crippen LogP contribution >= 0.6 is 0 Å². The highest BCUT2D eigenvalue weighted by atomic mass is 19.1. The van der Waals surface area contributed by atoms with Gasteiger partial charge in [0.15, 0.2) is 0 Å². The van der Waals surface area contributed by atoms with Gasteiger partial charge in [0.1, 0.15) is 34.3 Å². The fourth-order valence-corrected chi connectivity index (χ4v) is 3.04. The summed E-state index contributed by atoms with van der Waals surface area (Å²) >= 11 is 0. The number of carbonyl (C=O) groups excluding carboxylic acids is 2. The summed E-state index contributed by atoms with van der Waals surface area (Å²) in [5.41, 5.74) is 6.29. The first kappa shape index (κ1) is 18.2. The molecular weight excluding hydrogens is 381 g/mol. The summed E-state index contributed by atoms with van der Waals surface area (Å²) in [6.07, 6.45) is 1.98. The number of carbonyl (C=O) groups is 2. The minimum Gasteiger partial charge on any atom is -0.496 e. The van der Waals surface area contributed by atoms with Crippen molar-refractivity contribution in [1.82, 2.24) is 9.97 Å². The average molecular weight is 395 g/mol. The quantitative estimate of drug-likeness (QED) is 0.400. The highest BCUT2D eigenvalue weighted by Crippen LogP contribution is 2.40. The third kappa shape index (κ3) is 3.29. The maximum Gasteiger partial charge on any atom is 0.412 e. The Balaban J connectivity index is 1.99. The molecule has 146 valence electrons. The molecule has 0 aliphatic carbocycles. The van der Waals surface area contributed by atoms with Gasteiger partial charge in [-0.25, -0.2) is 19.0 Å². The van der Waals surface area contributed by atoms with Gasteiger partial charge in [0.05, 0.1) is 12.7 Å². The van der Waals surface area contributed by atoms with E-state index in [0.717, 1.165) is 0 Å². The number of aromatic nitrogens is 2. The number of aromatic amines is 1. The molecule has 0 fully saturated rings. The molecule has 4 aromatic rings. The predicted octanol–water partition coefficient (Wildman–Crippen LogP) is 3.87. The fraction of sp³-hybridized carbons (Fsp3) is 0.0500. The van der Waals surface area contributed by atoms with Crippen LogP contribution in [0.1, 0.15) is 10.4 Å². The molecule has 0 atom stereocenters. The minimum absolute atomic E-state index is 0.0327. The van der Waals surface area contributed by atoms with Crippen LogP contribution in [0.2, 0.25) is 0 Å². The van der Waals surface area contributed by atoms with Crippen LogP contribution in [0, 0.1) is 5.82 Å². The van der Waals surface area contributed by atoms with Gasteiger partial charge in [-0.15, -0.1) is 0 Å². The summed E-state index contributed by atoms with van der Waals surface area (Å²) < 4.78 is 29.2. The summed E-state index contributed by atoms with van der Waals surface area (Å²) in [7, 11) is 1.47. The van der Waals surface area contributed by atoms with Crippen LogP contribution in [-0.2, 0) is 4.74 Å². The molecule has 0 bridgehead atoms. The van der Waals surface area contributed by atoms with E-state index in [0.29, 0.717) is 33.7 Å². The van der Waals surface area contributed by atoms with Crippen molar-refractivity contribution in [3.05, 3.63) is 60.2 Å². The lowest BCUT2D eigenvalue weighted by molar-refractivity contribution is 0.0640. The van der Waals surface area contributed by atoms with E-state index in [1.165, 1.54) is 31.4 Å². The fourth-order valence-electron chi connectivity index (χ4n) is 3.04. The largest absolute Gasteiger partial charge is 0.496 e. The van der Waals surface area contributed by atoms with Crippen LogP contribution in [0.5, 0.6) is 5.75 Å². The molecule has 1 amide bonds. The van der Waals surface area contributed by atoms with Gasteiger partial charge < -0.3 is 24.6 Å². The summed E-state index contributed by atoms with van der Waals surface area (Å²) in [6, 6.07) is 8.54. The number of nitrogens with two attached hydrogens (primary N) is 1. The molecule has 0 spiro atoms. The van der Waals surface area contributed by atoms with Gasteiger partial charge in [-0.3, -0.25) is 0 Å². The first-order valence-electron chi connectivity index (χ1n) is 8.39. The summed E-state index contributed by atoms with van der Waals surface area (Å²) in [4.78, 5) is 30.9. The number of fused-ring (bicyclic) bond motifs is 1. The molecule has 0 radical (unpaired) electrons. The van der Waals surface area contributed by atoms with E-state index in [-0.39, 0.29) is 11.3 Å². The second kappa shape index (κ2) is 7.12. The number of halogens is 1. The third-order valence-electron chi connectivity index (χ3n) is 4.27. The number of benzene rings is 2. The first-order chi connectivity index (χ1) is 14.0.